The van der Waals surface area contributed by atoms with Crippen LogP contribution in [0.4, 0.5) is 4.79 Å². The second kappa shape index (κ2) is 4.96. The van der Waals surface area contributed by atoms with E-state index in [2.05, 4.69) is 20.8 Å². The molecule has 6 heteroatoms. The van der Waals surface area contributed by atoms with E-state index in [0.29, 0.717) is 24.4 Å². The lowest BCUT2D eigenvalue weighted by atomic mass is 10.2. The van der Waals surface area contributed by atoms with E-state index < -0.39 is 0 Å². The van der Waals surface area contributed by atoms with Gasteiger partial charge in [0.05, 0.1) is 6.54 Å². The van der Waals surface area contributed by atoms with Gasteiger partial charge in [-0.2, -0.15) is 4.98 Å². The molecular weight excluding hydrogens is 232 g/mol. The van der Waals surface area contributed by atoms with Crippen LogP contribution in [0.25, 0.3) is 0 Å². The van der Waals surface area contributed by atoms with Crippen molar-refractivity contribution < 1.29 is 9.32 Å². The third-order valence-electron chi connectivity index (χ3n) is 3.52. The van der Waals surface area contributed by atoms with Crippen LogP contribution in [-0.4, -0.2) is 22.2 Å². The molecule has 0 radical (unpaired) electrons. The van der Waals surface area contributed by atoms with E-state index in [4.69, 9.17) is 4.52 Å². The summed E-state index contributed by atoms with van der Waals surface area (Å²) >= 11 is 0. The van der Waals surface area contributed by atoms with Crippen LogP contribution in [0.1, 0.15) is 56.2 Å². The number of amides is 2. The van der Waals surface area contributed by atoms with Crippen LogP contribution in [0.3, 0.4) is 0 Å². The highest BCUT2D eigenvalue weighted by atomic mass is 16.5. The van der Waals surface area contributed by atoms with Crippen molar-refractivity contribution in [3.8, 4) is 0 Å². The maximum absolute atomic E-state index is 11.6. The highest BCUT2D eigenvalue weighted by Gasteiger charge is 2.28. The van der Waals surface area contributed by atoms with Gasteiger partial charge in [0.15, 0.2) is 5.82 Å². The lowest BCUT2D eigenvalue weighted by Gasteiger charge is -2.11. The third-order valence-corrected chi connectivity index (χ3v) is 3.52. The molecular formula is C12H18N4O2. The summed E-state index contributed by atoms with van der Waals surface area (Å²) in [6.45, 7) is 0.304. The van der Waals surface area contributed by atoms with Crippen LogP contribution >= 0.6 is 0 Å². The summed E-state index contributed by atoms with van der Waals surface area (Å²) in [7, 11) is 0. The van der Waals surface area contributed by atoms with Gasteiger partial charge in [-0.3, -0.25) is 0 Å². The van der Waals surface area contributed by atoms with Crippen molar-refractivity contribution in [2.24, 2.45) is 0 Å². The van der Waals surface area contributed by atoms with Crippen molar-refractivity contribution in [1.29, 1.82) is 0 Å². The Kier molecular flexibility index (Phi) is 3.17. The molecule has 0 atom stereocenters. The number of aromatic nitrogens is 2. The average Bonchev–Trinajstić information content (AvgIpc) is 2.90. The molecule has 1 aromatic heterocycles. The number of hydrogen-bond donors (Lipinski definition) is 2. The van der Waals surface area contributed by atoms with Crippen LogP contribution in [0, 0.1) is 0 Å². The molecule has 0 bridgehead atoms. The molecule has 6 nitrogen and oxygen atoms in total. The summed E-state index contributed by atoms with van der Waals surface area (Å²) in [6, 6.07) is 0.183. The molecule has 2 fully saturated rings. The molecule has 0 saturated heterocycles. The first-order chi connectivity index (χ1) is 8.81. The lowest BCUT2D eigenvalue weighted by molar-refractivity contribution is 0.234. The number of nitrogens with zero attached hydrogens (tertiary/aromatic N) is 2. The Bertz CT molecular complexity index is 421. The van der Waals surface area contributed by atoms with Crippen molar-refractivity contribution in [2.75, 3.05) is 0 Å². The predicted octanol–water partition coefficient (Wildman–Crippen LogP) is 1.69. The Morgan fingerprint density at radius 3 is 2.78 bits per heavy atom. The minimum absolute atomic E-state index is 0.145. The fourth-order valence-electron chi connectivity index (χ4n) is 2.31. The van der Waals surface area contributed by atoms with Gasteiger partial charge in [-0.1, -0.05) is 18.0 Å². The van der Waals surface area contributed by atoms with Gasteiger partial charge in [-0.15, -0.1) is 0 Å². The molecule has 1 heterocycles. The van der Waals surface area contributed by atoms with Crippen molar-refractivity contribution in [3.05, 3.63) is 11.7 Å². The normalized spacial score (nSPS) is 20.0. The van der Waals surface area contributed by atoms with Gasteiger partial charge in [-0.25, -0.2) is 4.79 Å². The van der Waals surface area contributed by atoms with Crippen LogP contribution in [0.15, 0.2) is 4.52 Å². The zero-order valence-electron chi connectivity index (χ0n) is 10.3. The molecule has 98 valence electrons. The second-order valence-corrected chi connectivity index (χ2v) is 5.13. The van der Waals surface area contributed by atoms with Gasteiger partial charge in [0, 0.05) is 12.0 Å². The molecule has 18 heavy (non-hydrogen) atoms. The van der Waals surface area contributed by atoms with Gasteiger partial charge in [0.1, 0.15) is 0 Å². The zero-order chi connectivity index (χ0) is 12.4. The Balaban J connectivity index is 1.43. The van der Waals surface area contributed by atoms with E-state index >= 15 is 0 Å². The number of nitrogens with one attached hydrogen (secondary N) is 2. The van der Waals surface area contributed by atoms with Crippen LogP contribution in [0.5, 0.6) is 0 Å². The maximum atomic E-state index is 11.6. The monoisotopic (exact) mass is 250 g/mol. The molecule has 0 aromatic carbocycles. The largest absolute Gasteiger partial charge is 0.337 e. The predicted molar refractivity (Wildman–Crippen MR) is 63.9 cm³/mol. The van der Waals surface area contributed by atoms with Gasteiger partial charge >= 0.3 is 6.03 Å². The molecule has 1 aromatic rings. The Hall–Kier alpha value is -1.59. The Labute approximate surface area is 106 Å². The van der Waals surface area contributed by atoms with Gasteiger partial charge in [-0.05, 0) is 25.7 Å². The number of carbonyl (C=O) groups is 1. The van der Waals surface area contributed by atoms with E-state index in [1.54, 1.807) is 0 Å². The summed E-state index contributed by atoms with van der Waals surface area (Å²) in [6.07, 6.45) is 6.88. The first-order valence-electron chi connectivity index (χ1n) is 6.68. The zero-order valence-corrected chi connectivity index (χ0v) is 10.3. The summed E-state index contributed by atoms with van der Waals surface area (Å²) < 4.78 is 5.08. The SMILES string of the molecule is O=C(NCc1nc(C2CC2)no1)NC1CCCC1. The fraction of sp³-hybridized carbons (Fsp3) is 0.750. The summed E-state index contributed by atoms with van der Waals surface area (Å²) in [4.78, 5) is 15.9. The minimum atomic E-state index is -0.145. The molecule has 2 aliphatic rings. The van der Waals surface area contributed by atoms with Crippen LogP contribution in [0.2, 0.25) is 0 Å². The van der Waals surface area contributed by atoms with Gasteiger partial charge in [0.2, 0.25) is 5.89 Å². The van der Waals surface area contributed by atoms with E-state index in [1.165, 1.54) is 12.8 Å². The molecule has 2 saturated carbocycles. The third kappa shape index (κ3) is 2.80. The molecule has 0 spiro atoms. The topological polar surface area (TPSA) is 80.1 Å². The van der Waals surface area contributed by atoms with Crippen molar-refractivity contribution in [2.45, 2.75) is 57.0 Å². The second-order valence-electron chi connectivity index (χ2n) is 5.13. The number of urea groups is 1. The van der Waals surface area contributed by atoms with E-state index in [0.717, 1.165) is 31.5 Å². The first kappa shape index (κ1) is 11.5. The van der Waals surface area contributed by atoms with Gasteiger partial charge < -0.3 is 15.2 Å². The molecule has 3 rings (SSSR count). The molecule has 0 aliphatic heterocycles. The van der Waals surface area contributed by atoms with Crippen molar-refractivity contribution in [3.63, 3.8) is 0 Å². The highest BCUT2D eigenvalue weighted by molar-refractivity contribution is 5.74. The standard InChI is InChI=1S/C12H18N4O2/c17-12(14-9-3-1-2-4-9)13-7-10-15-11(16-18-10)8-5-6-8/h8-9H,1-7H2,(H2,13,14,17). The molecule has 2 N–H and O–H groups in total. The quantitative estimate of drug-likeness (QED) is 0.852. The van der Waals surface area contributed by atoms with E-state index in [9.17, 15) is 4.79 Å². The molecule has 2 amide bonds. The smallest absolute Gasteiger partial charge is 0.315 e. The number of carbonyl (C=O) groups excluding carboxylic acids is 1. The Morgan fingerprint density at radius 2 is 2.06 bits per heavy atom. The van der Waals surface area contributed by atoms with Gasteiger partial charge in [0.25, 0.3) is 0 Å². The van der Waals surface area contributed by atoms with Crippen molar-refractivity contribution >= 4 is 6.03 Å². The van der Waals surface area contributed by atoms with E-state index in [1.807, 2.05) is 0 Å². The fourth-order valence-corrected chi connectivity index (χ4v) is 2.31. The van der Waals surface area contributed by atoms with Crippen LogP contribution < -0.4 is 10.6 Å². The summed E-state index contributed by atoms with van der Waals surface area (Å²) in [5, 5.41) is 9.60. The summed E-state index contributed by atoms with van der Waals surface area (Å²) in [5.74, 6) is 1.75. The summed E-state index contributed by atoms with van der Waals surface area (Å²) in [5.41, 5.74) is 0. The first-order valence-corrected chi connectivity index (χ1v) is 6.68. The maximum Gasteiger partial charge on any atom is 0.315 e. The average molecular weight is 250 g/mol. The minimum Gasteiger partial charge on any atom is -0.337 e. The van der Waals surface area contributed by atoms with E-state index in [-0.39, 0.29) is 6.03 Å². The highest BCUT2D eigenvalue weighted by Crippen LogP contribution is 2.37. The van der Waals surface area contributed by atoms with Crippen molar-refractivity contribution in [1.82, 2.24) is 20.8 Å². The molecule has 2 aliphatic carbocycles. The number of hydrogen-bond acceptors (Lipinski definition) is 4. The number of rotatable bonds is 4. The molecule has 0 unspecified atom stereocenters. The van der Waals surface area contributed by atoms with Crippen LogP contribution in [-0.2, 0) is 6.54 Å². The Morgan fingerprint density at radius 1 is 1.28 bits per heavy atom. The lowest BCUT2D eigenvalue weighted by Crippen LogP contribution is -2.40.